The fourth-order valence-electron chi connectivity index (χ4n) is 4.16. The number of benzene rings is 2. The van der Waals surface area contributed by atoms with Gasteiger partial charge in [0.1, 0.15) is 11.9 Å². The zero-order valence-electron chi connectivity index (χ0n) is 17.4. The highest BCUT2D eigenvalue weighted by Crippen LogP contribution is 2.35. The Hall–Kier alpha value is -2.78. The summed E-state index contributed by atoms with van der Waals surface area (Å²) >= 11 is 0. The molecule has 1 fully saturated rings. The van der Waals surface area contributed by atoms with Crippen LogP contribution in [0.5, 0.6) is 0 Å². The fraction of sp³-hybridized carbons (Fsp3) is 0.364. The number of hydrogen-bond acceptors (Lipinski definition) is 4. The normalized spacial score (nSPS) is 18.8. The van der Waals surface area contributed by atoms with Gasteiger partial charge in [0.15, 0.2) is 0 Å². The van der Waals surface area contributed by atoms with Crippen LogP contribution >= 0.6 is 0 Å². The minimum absolute atomic E-state index is 0.165. The molecular weight excluding hydrogens is 421 g/mol. The molecule has 1 N–H and O–H groups in total. The van der Waals surface area contributed by atoms with Crippen molar-refractivity contribution in [2.75, 3.05) is 23.3 Å². The molecule has 0 bridgehead atoms. The summed E-state index contributed by atoms with van der Waals surface area (Å²) in [5.74, 6) is -1.23. The van der Waals surface area contributed by atoms with E-state index in [0.29, 0.717) is 35.6 Å². The molecule has 2 aliphatic rings. The standard InChI is InChI=1S/C22H24FN3O4S/c1-14-5-6-17(13-19(14)23)24-22(28)21-12-16-11-18(7-8-20(16)26(21)15(2)27)31(29,30)25-9-3-4-10-25/h5-8,11,13,21H,3-4,9-10,12H2,1-2H3,(H,24,28)/t21-/m1/s1. The molecule has 31 heavy (non-hydrogen) atoms. The van der Waals surface area contributed by atoms with Crippen LogP contribution in [-0.2, 0) is 26.0 Å². The Balaban J connectivity index is 1.61. The van der Waals surface area contributed by atoms with E-state index in [1.807, 2.05) is 0 Å². The number of sulfonamides is 1. The molecule has 1 atom stereocenters. The number of carbonyl (C=O) groups is 2. The molecule has 164 valence electrons. The molecule has 0 aliphatic carbocycles. The van der Waals surface area contributed by atoms with Gasteiger partial charge in [-0.1, -0.05) is 6.07 Å². The van der Waals surface area contributed by atoms with E-state index >= 15 is 0 Å². The Morgan fingerprint density at radius 2 is 1.81 bits per heavy atom. The molecule has 4 rings (SSSR count). The highest BCUT2D eigenvalue weighted by molar-refractivity contribution is 7.89. The van der Waals surface area contributed by atoms with Crippen molar-refractivity contribution in [3.8, 4) is 0 Å². The van der Waals surface area contributed by atoms with E-state index < -0.39 is 27.8 Å². The van der Waals surface area contributed by atoms with E-state index in [1.54, 1.807) is 31.2 Å². The topological polar surface area (TPSA) is 86.8 Å². The number of aryl methyl sites for hydroxylation is 1. The van der Waals surface area contributed by atoms with Gasteiger partial charge in [-0.3, -0.25) is 14.5 Å². The van der Waals surface area contributed by atoms with Gasteiger partial charge in [-0.25, -0.2) is 12.8 Å². The summed E-state index contributed by atoms with van der Waals surface area (Å²) in [7, 11) is -3.61. The quantitative estimate of drug-likeness (QED) is 0.784. The second-order valence-corrected chi connectivity index (χ2v) is 9.90. The third-order valence-corrected chi connectivity index (χ3v) is 7.71. The molecule has 2 aromatic rings. The average Bonchev–Trinajstić information content (AvgIpc) is 3.38. The molecule has 0 saturated carbocycles. The molecule has 0 radical (unpaired) electrons. The minimum Gasteiger partial charge on any atom is -0.324 e. The van der Waals surface area contributed by atoms with Crippen LogP contribution in [0.1, 0.15) is 30.9 Å². The summed E-state index contributed by atoms with van der Waals surface area (Å²) in [5.41, 5.74) is 1.89. The Labute approximate surface area is 180 Å². The molecule has 0 spiro atoms. The molecule has 2 heterocycles. The lowest BCUT2D eigenvalue weighted by Crippen LogP contribution is -2.44. The van der Waals surface area contributed by atoms with E-state index in [-0.39, 0.29) is 17.2 Å². The van der Waals surface area contributed by atoms with E-state index in [0.717, 1.165) is 12.8 Å². The van der Waals surface area contributed by atoms with Crippen molar-refractivity contribution in [1.29, 1.82) is 0 Å². The van der Waals surface area contributed by atoms with Crippen LogP contribution in [0.3, 0.4) is 0 Å². The molecule has 0 unspecified atom stereocenters. The third kappa shape index (κ3) is 3.95. The number of halogens is 1. The number of fused-ring (bicyclic) bond motifs is 1. The first kappa shape index (κ1) is 21.5. The zero-order valence-corrected chi connectivity index (χ0v) is 18.2. The summed E-state index contributed by atoms with van der Waals surface area (Å²) in [5, 5.41) is 2.66. The first-order valence-corrected chi connectivity index (χ1v) is 11.6. The smallest absolute Gasteiger partial charge is 0.247 e. The molecule has 9 heteroatoms. The number of rotatable bonds is 4. The van der Waals surface area contributed by atoms with Gasteiger partial charge in [0.05, 0.1) is 4.90 Å². The van der Waals surface area contributed by atoms with Crippen molar-refractivity contribution in [3.63, 3.8) is 0 Å². The van der Waals surface area contributed by atoms with Crippen molar-refractivity contribution in [1.82, 2.24) is 4.31 Å². The molecule has 2 aliphatic heterocycles. The lowest BCUT2D eigenvalue weighted by atomic mass is 10.1. The largest absolute Gasteiger partial charge is 0.324 e. The SMILES string of the molecule is CC(=O)N1c2ccc(S(=O)(=O)N3CCCC3)cc2C[C@@H]1C(=O)Nc1ccc(C)c(F)c1. The number of nitrogens with zero attached hydrogens (tertiary/aromatic N) is 2. The first-order chi connectivity index (χ1) is 14.7. The Morgan fingerprint density at radius 1 is 1.10 bits per heavy atom. The molecule has 2 aromatic carbocycles. The summed E-state index contributed by atoms with van der Waals surface area (Å²) in [6.45, 7) is 3.98. The molecule has 1 saturated heterocycles. The monoisotopic (exact) mass is 445 g/mol. The van der Waals surface area contributed by atoms with Crippen LogP contribution in [0.15, 0.2) is 41.3 Å². The highest BCUT2D eigenvalue weighted by atomic mass is 32.2. The number of carbonyl (C=O) groups excluding carboxylic acids is 2. The van der Waals surface area contributed by atoms with Crippen LogP contribution in [0, 0.1) is 12.7 Å². The molecule has 0 aromatic heterocycles. The van der Waals surface area contributed by atoms with Gasteiger partial charge in [0.25, 0.3) is 0 Å². The number of anilines is 2. The van der Waals surface area contributed by atoms with Crippen LogP contribution in [-0.4, -0.2) is 43.7 Å². The Morgan fingerprint density at radius 3 is 2.45 bits per heavy atom. The zero-order chi connectivity index (χ0) is 22.3. The summed E-state index contributed by atoms with van der Waals surface area (Å²) in [6, 6.07) is 8.16. The summed E-state index contributed by atoms with van der Waals surface area (Å²) in [4.78, 5) is 26.8. The van der Waals surface area contributed by atoms with Crippen molar-refractivity contribution < 1.29 is 22.4 Å². The lowest BCUT2D eigenvalue weighted by molar-refractivity contribution is -0.122. The van der Waals surface area contributed by atoms with Crippen LogP contribution in [0.25, 0.3) is 0 Å². The average molecular weight is 446 g/mol. The van der Waals surface area contributed by atoms with Gasteiger partial charge in [-0.05, 0) is 61.2 Å². The van der Waals surface area contributed by atoms with Gasteiger partial charge < -0.3 is 5.32 Å². The summed E-state index contributed by atoms with van der Waals surface area (Å²) in [6.07, 6.45) is 1.85. The Bertz CT molecular complexity index is 1160. The van der Waals surface area contributed by atoms with Crippen LogP contribution in [0.2, 0.25) is 0 Å². The van der Waals surface area contributed by atoms with Gasteiger partial charge in [0.2, 0.25) is 21.8 Å². The molecular formula is C22H24FN3O4S. The maximum absolute atomic E-state index is 13.8. The number of amides is 2. The van der Waals surface area contributed by atoms with Crippen molar-refractivity contribution in [2.45, 2.75) is 44.0 Å². The Kier molecular flexibility index (Phi) is 5.57. The maximum atomic E-state index is 13.8. The maximum Gasteiger partial charge on any atom is 0.247 e. The van der Waals surface area contributed by atoms with E-state index in [4.69, 9.17) is 0 Å². The van der Waals surface area contributed by atoms with E-state index in [1.165, 1.54) is 28.3 Å². The predicted octanol–water partition coefficient (Wildman–Crippen LogP) is 2.83. The lowest BCUT2D eigenvalue weighted by Gasteiger charge is -2.23. The minimum atomic E-state index is -3.61. The second kappa shape index (κ2) is 8.05. The number of nitrogens with one attached hydrogen (secondary N) is 1. The second-order valence-electron chi connectivity index (χ2n) is 7.96. The molecule has 7 nitrogen and oxygen atoms in total. The van der Waals surface area contributed by atoms with Gasteiger partial charge in [-0.15, -0.1) is 0 Å². The third-order valence-electron chi connectivity index (χ3n) is 5.82. The highest BCUT2D eigenvalue weighted by Gasteiger charge is 2.38. The van der Waals surface area contributed by atoms with Gasteiger partial charge in [-0.2, -0.15) is 4.31 Å². The van der Waals surface area contributed by atoms with Gasteiger partial charge in [0, 0.05) is 37.8 Å². The van der Waals surface area contributed by atoms with Gasteiger partial charge >= 0.3 is 0 Å². The first-order valence-electron chi connectivity index (χ1n) is 10.2. The van der Waals surface area contributed by atoms with Crippen molar-refractivity contribution in [2.24, 2.45) is 0 Å². The van der Waals surface area contributed by atoms with E-state index in [9.17, 15) is 22.4 Å². The van der Waals surface area contributed by atoms with E-state index in [2.05, 4.69) is 5.32 Å². The summed E-state index contributed by atoms with van der Waals surface area (Å²) < 4.78 is 41.1. The predicted molar refractivity (Wildman–Crippen MR) is 115 cm³/mol. The molecule has 2 amide bonds. The number of hydrogen-bond donors (Lipinski definition) is 1. The fourth-order valence-corrected chi connectivity index (χ4v) is 5.73. The van der Waals surface area contributed by atoms with Crippen LogP contribution in [0.4, 0.5) is 15.8 Å². The van der Waals surface area contributed by atoms with Crippen molar-refractivity contribution >= 4 is 33.2 Å². The van der Waals surface area contributed by atoms with Crippen molar-refractivity contribution in [3.05, 3.63) is 53.3 Å². The van der Waals surface area contributed by atoms with Crippen LogP contribution < -0.4 is 10.2 Å².